The molecule has 2 heterocycles. The van der Waals surface area contributed by atoms with Gasteiger partial charge in [0.15, 0.2) is 0 Å². The number of carbonyl (C=O) groups is 1. The van der Waals surface area contributed by atoms with E-state index in [-0.39, 0.29) is 11.3 Å². The Morgan fingerprint density at radius 2 is 2.30 bits per heavy atom. The van der Waals surface area contributed by atoms with Crippen molar-refractivity contribution in [2.24, 2.45) is 11.3 Å². The molecule has 2 atom stereocenters. The average molecular weight is 317 g/mol. The highest BCUT2D eigenvalue weighted by atomic mass is 16.5. The number of hydrogen-bond donors (Lipinski definition) is 2. The molecule has 5 nitrogen and oxygen atoms in total. The van der Waals surface area contributed by atoms with Crippen LogP contribution in [0.15, 0.2) is 24.3 Å². The van der Waals surface area contributed by atoms with E-state index in [1.165, 1.54) is 5.56 Å². The van der Waals surface area contributed by atoms with E-state index >= 15 is 0 Å². The summed E-state index contributed by atoms with van der Waals surface area (Å²) < 4.78 is 5.37. The number of rotatable bonds is 6. The number of methoxy groups -OCH3 is 1. The van der Waals surface area contributed by atoms with E-state index < -0.39 is 0 Å². The molecule has 0 aliphatic carbocycles. The van der Waals surface area contributed by atoms with Crippen LogP contribution in [-0.4, -0.2) is 57.7 Å². The van der Waals surface area contributed by atoms with Gasteiger partial charge in [-0.2, -0.15) is 0 Å². The summed E-state index contributed by atoms with van der Waals surface area (Å²) in [6.07, 6.45) is 1.84. The summed E-state index contributed by atoms with van der Waals surface area (Å²) in [6, 6.07) is 8.07. The summed E-state index contributed by atoms with van der Waals surface area (Å²) in [6.45, 7) is 4.36. The minimum absolute atomic E-state index is 0.219. The summed E-state index contributed by atoms with van der Waals surface area (Å²) in [5, 5.41) is 6.56. The third-order valence-electron chi connectivity index (χ3n) is 5.25. The van der Waals surface area contributed by atoms with Gasteiger partial charge in [-0.05, 0) is 31.5 Å². The van der Waals surface area contributed by atoms with Gasteiger partial charge in [0.05, 0.1) is 12.5 Å². The summed E-state index contributed by atoms with van der Waals surface area (Å²) in [5.74, 6) is 1.59. The lowest BCUT2D eigenvalue weighted by Gasteiger charge is -2.26. The highest BCUT2D eigenvalue weighted by molar-refractivity contribution is 5.84. The SMILES string of the molecule is COc1ccccc1CCCNC(=O)[C@@]12CNC[C@@H]1CN(C)C2. The predicted molar refractivity (Wildman–Crippen MR) is 90.6 cm³/mol. The summed E-state index contributed by atoms with van der Waals surface area (Å²) >= 11 is 0. The smallest absolute Gasteiger partial charge is 0.229 e. The van der Waals surface area contributed by atoms with Gasteiger partial charge in [-0.1, -0.05) is 18.2 Å². The first-order chi connectivity index (χ1) is 11.2. The minimum Gasteiger partial charge on any atom is -0.496 e. The predicted octanol–water partition coefficient (Wildman–Crippen LogP) is 0.895. The van der Waals surface area contributed by atoms with Crippen molar-refractivity contribution in [3.05, 3.63) is 29.8 Å². The van der Waals surface area contributed by atoms with Crippen molar-refractivity contribution >= 4 is 5.91 Å². The van der Waals surface area contributed by atoms with Gasteiger partial charge in [-0.25, -0.2) is 0 Å². The Morgan fingerprint density at radius 1 is 1.48 bits per heavy atom. The number of para-hydroxylation sites is 1. The number of hydrogen-bond acceptors (Lipinski definition) is 4. The van der Waals surface area contributed by atoms with Gasteiger partial charge in [-0.15, -0.1) is 0 Å². The fourth-order valence-corrected chi connectivity index (χ4v) is 4.06. The van der Waals surface area contributed by atoms with Crippen molar-refractivity contribution in [2.45, 2.75) is 12.8 Å². The molecule has 2 aliphatic rings. The van der Waals surface area contributed by atoms with Crippen LogP contribution in [0.5, 0.6) is 5.75 Å². The van der Waals surface area contributed by atoms with E-state index in [1.807, 2.05) is 18.2 Å². The molecule has 5 heteroatoms. The first kappa shape index (κ1) is 16.3. The van der Waals surface area contributed by atoms with Crippen LogP contribution >= 0.6 is 0 Å². The van der Waals surface area contributed by atoms with Gasteiger partial charge in [-0.3, -0.25) is 4.79 Å². The average Bonchev–Trinajstić information content (AvgIpc) is 3.08. The van der Waals surface area contributed by atoms with Gasteiger partial charge >= 0.3 is 0 Å². The lowest BCUT2D eigenvalue weighted by molar-refractivity contribution is -0.130. The third-order valence-corrected chi connectivity index (χ3v) is 5.25. The molecule has 0 aromatic heterocycles. The second kappa shape index (κ2) is 6.89. The van der Waals surface area contributed by atoms with Crippen LogP contribution in [0.4, 0.5) is 0 Å². The topological polar surface area (TPSA) is 53.6 Å². The van der Waals surface area contributed by atoms with Gasteiger partial charge in [0, 0.05) is 38.6 Å². The zero-order chi connectivity index (χ0) is 16.3. The fourth-order valence-electron chi connectivity index (χ4n) is 4.06. The fraction of sp³-hybridized carbons (Fsp3) is 0.611. The van der Waals surface area contributed by atoms with Crippen molar-refractivity contribution in [3.8, 4) is 5.75 Å². The zero-order valence-electron chi connectivity index (χ0n) is 14.1. The van der Waals surface area contributed by atoms with Crippen molar-refractivity contribution in [1.82, 2.24) is 15.5 Å². The lowest BCUT2D eigenvalue weighted by atomic mass is 9.80. The summed E-state index contributed by atoms with van der Waals surface area (Å²) in [7, 11) is 3.80. The van der Waals surface area contributed by atoms with Crippen molar-refractivity contribution in [2.75, 3.05) is 46.9 Å². The molecule has 0 saturated carbocycles. The number of nitrogens with zero attached hydrogens (tertiary/aromatic N) is 1. The van der Waals surface area contributed by atoms with Crippen molar-refractivity contribution in [1.29, 1.82) is 0 Å². The van der Waals surface area contributed by atoms with Crippen LogP contribution in [0.2, 0.25) is 0 Å². The molecule has 126 valence electrons. The lowest BCUT2D eigenvalue weighted by Crippen LogP contribution is -2.47. The molecule has 2 N–H and O–H groups in total. The molecule has 1 aromatic rings. The van der Waals surface area contributed by atoms with Gasteiger partial charge in [0.25, 0.3) is 0 Å². The standard InChI is InChI=1S/C18H27N3O2/c1-21-11-15-10-19-12-18(15,13-21)17(22)20-9-5-7-14-6-3-4-8-16(14)23-2/h3-4,6,8,15,19H,5,7,9-13H2,1-2H3,(H,20,22)/t15-,18-/m1/s1. The molecule has 2 fully saturated rings. The number of likely N-dealkylation sites (tertiary alicyclic amines) is 1. The molecular weight excluding hydrogens is 290 g/mol. The van der Waals surface area contributed by atoms with Crippen LogP contribution in [0.1, 0.15) is 12.0 Å². The monoisotopic (exact) mass is 317 g/mol. The number of ether oxygens (including phenoxy) is 1. The van der Waals surface area contributed by atoms with Gasteiger partial charge in [0.1, 0.15) is 5.75 Å². The highest BCUT2D eigenvalue weighted by Gasteiger charge is 2.53. The zero-order valence-corrected chi connectivity index (χ0v) is 14.1. The summed E-state index contributed by atoms with van der Waals surface area (Å²) in [5.41, 5.74) is 0.975. The minimum atomic E-state index is -0.223. The van der Waals surface area contributed by atoms with Crippen LogP contribution in [0, 0.1) is 11.3 Å². The number of carbonyl (C=O) groups excluding carboxylic acids is 1. The Kier molecular flexibility index (Phi) is 4.87. The Morgan fingerprint density at radius 3 is 3.13 bits per heavy atom. The Hall–Kier alpha value is -1.59. The van der Waals surface area contributed by atoms with Crippen LogP contribution in [0.25, 0.3) is 0 Å². The molecule has 3 rings (SSSR count). The number of amides is 1. The van der Waals surface area contributed by atoms with E-state index in [9.17, 15) is 4.79 Å². The maximum absolute atomic E-state index is 12.7. The van der Waals surface area contributed by atoms with E-state index in [2.05, 4.69) is 28.6 Å². The first-order valence-corrected chi connectivity index (χ1v) is 8.45. The molecule has 1 amide bonds. The maximum atomic E-state index is 12.7. The third kappa shape index (κ3) is 3.21. The number of aryl methyl sites for hydroxylation is 1. The second-order valence-electron chi connectivity index (χ2n) is 6.85. The molecule has 1 aromatic carbocycles. The van der Waals surface area contributed by atoms with E-state index in [0.717, 1.165) is 51.3 Å². The van der Waals surface area contributed by atoms with Crippen LogP contribution in [0.3, 0.4) is 0 Å². The highest BCUT2D eigenvalue weighted by Crippen LogP contribution is 2.38. The Labute approximate surface area is 138 Å². The molecule has 2 aliphatic heterocycles. The van der Waals surface area contributed by atoms with Crippen LogP contribution in [-0.2, 0) is 11.2 Å². The largest absolute Gasteiger partial charge is 0.496 e. The first-order valence-electron chi connectivity index (χ1n) is 8.45. The molecule has 23 heavy (non-hydrogen) atoms. The maximum Gasteiger partial charge on any atom is 0.229 e. The molecule has 0 spiro atoms. The van der Waals surface area contributed by atoms with Crippen molar-refractivity contribution in [3.63, 3.8) is 0 Å². The molecule has 0 unspecified atom stereocenters. The number of benzene rings is 1. The normalized spacial score (nSPS) is 27.0. The van der Waals surface area contributed by atoms with Crippen LogP contribution < -0.4 is 15.4 Å². The molecule has 0 bridgehead atoms. The van der Waals surface area contributed by atoms with E-state index in [0.29, 0.717) is 5.92 Å². The Balaban J connectivity index is 1.50. The van der Waals surface area contributed by atoms with E-state index in [4.69, 9.17) is 4.74 Å². The van der Waals surface area contributed by atoms with E-state index in [1.54, 1.807) is 7.11 Å². The number of fused-ring (bicyclic) bond motifs is 1. The quantitative estimate of drug-likeness (QED) is 0.766. The molecular formula is C18H27N3O2. The molecule has 0 radical (unpaired) electrons. The van der Waals surface area contributed by atoms with Gasteiger partial charge < -0.3 is 20.3 Å². The van der Waals surface area contributed by atoms with Crippen molar-refractivity contribution < 1.29 is 9.53 Å². The van der Waals surface area contributed by atoms with Gasteiger partial charge in [0.2, 0.25) is 5.91 Å². The second-order valence-corrected chi connectivity index (χ2v) is 6.85. The molecule has 2 saturated heterocycles. The Bertz CT molecular complexity index is 563. The number of nitrogens with one attached hydrogen (secondary N) is 2. The summed E-state index contributed by atoms with van der Waals surface area (Å²) in [4.78, 5) is 15.0.